The van der Waals surface area contributed by atoms with Gasteiger partial charge in [0.1, 0.15) is 11.4 Å². The molecule has 4 nitrogen and oxygen atoms in total. The number of aromatic nitrogens is 2. The third-order valence-corrected chi connectivity index (χ3v) is 2.14. The fourth-order valence-electron chi connectivity index (χ4n) is 1.28. The molecule has 0 aliphatic heterocycles. The van der Waals surface area contributed by atoms with E-state index in [1.54, 1.807) is 24.5 Å². The van der Waals surface area contributed by atoms with E-state index in [9.17, 15) is 4.79 Å². The molecule has 1 aromatic heterocycles. The molecule has 0 aliphatic rings. The molecule has 0 atom stereocenters. The highest BCUT2D eigenvalue weighted by Gasteiger charge is 2.05. The average Bonchev–Trinajstić information content (AvgIpc) is 2.29. The van der Waals surface area contributed by atoms with Gasteiger partial charge in [-0.15, -0.1) is 11.6 Å². The summed E-state index contributed by atoms with van der Waals surface area (Å²) in [5.41, 5.74) is 2.04. The number of benzene rings is 1. The van der Waals surface area contributed by atoms with Crippen molar-refractivity contribution >= 4 is 34.2 Å². The van der Waals surface area contributed by atoms with Crippen molar-refractivity contribution in [2.24, 2.45) is 0 Å². The third kappa shape index (κ3) is 2.05. The molecule has 0 unspecified atom stereocenters. The number of hydrogen-bond acceptors (Lipinski definition) is 3. The van der Waals surface area contributed by atoms with Crippen molar-refractivity contribution in [1.82, 2.24) is 9.97 Å². The van der Waals surface area contributed by atoms with Crippen LogP contribution in [0.5, 0.6) is 0 Å². The van der Waals surface area contributed by atoms with E-state index >= 15 is 0 Å². The lowest BCUT2D eigenvalue weighted by Gasteiger charge is -2.05. The zero-order chi connectivity index (χ0) is 10.7. The van der Waals surface area contributed by atoms with Gasteiger partial charge in [-0.3, -0.25) is 14.8 Å². The normalized spacial score (nSPS) is 10.2. The predicted molar refractivity (Wildman–Crippen MR) is 58.9 cm³/mol. The van der Waals surface area contributed by atoms with Gasteiger partial charge in [0.15, 0.2) is 0 Å². The van der Waals surface area contributed by atoms with Crippen LogP contribution in [0.1, 0.15) is 0 Å². The van der Waals surface area contributed by atoms with Crippen LogP contribution in [0, 0.1) is 0 Å². The maximum absolute atomic E-state index is 11.1. The minimum Gasteiger partial charge on any atom is -0.323 e. The van der Waals surface area contributed by atoms with Crippen molar-refractivity contribution in [3.8, 4) is 0 Å². The minimum atomic E-state index is -0.255. The highest BCUT2D eigenvalue weighted by atomic mass is 35.5. The lowest BCUT2D eigenvalue weighted by Crippen LogP contribution is -2.13. The molecule has 1 amide bonds. The largest absolute Gasteiger partial charge is 0.323 e. The van der Waals surface area contributed by atoms with Crippen molar-refractivity contribution in [3.05, 3.63) is 30.6 Å². The Morgan fingerprint density at radius 3 is 2.93 bits per heavy atom. The van der Waals surface area contributed by atoms with Gasteiger partial charge in [0.25, 0.3) is 0 Å². The Bertz CT molecular complexity index is 495. The first-order chi connectivity index (χ1) is 7.31. The lowest BCUT2D eigenvalue weighted by atomic mass is 10.2. The Balaban J connectivity index is 2.46. The molecule has 5 heteroatoms. The van der Waals surface area contributed by atoms with E-state index in [1.807, 2.05) is 6.07 Å². The molecule has 2 aromatic rings. The SMILES string of the molecule is O=C(CCl)Nc1cccc2nccnc12. The number of fused-ring (bicyclic) bond motifs is 1. The van der Waals surface area contributed by atoms with E-state index < -0.39 is 0 Å². The highest BCUT2D eigenvalue weighted by molar-refractivity contribution is 6.29. The van der Waals surface area contributed by atoms with Gasteiger partial charge in [-0.2, -0.15) is 0 Å². The molecule has 0 radical (unpaired) electrons. The molecule has 2 rings (SSSR count). The first-order valence-corrected chi connectivity index (χ1v) is 4.90. The maximum Gasteiger partial charge on any atom is 0.239 e. The third-order valence-electron chi connectivity index (χ3n) is 1.89. The van der Waals surface area contributed by atoms with Gasteiger partial charge in [0.2, 0.25) is 5.91 Å². The maximum atomic E-state index is 11.1. The predicted octanol–water partition coefficient (Wildman–Crippen LogP) is 1.81. The standard InChI is InChI=1S/C10H8ClN3O/c11-6-9(15)14-8-3-1-2-7-10(8)13-5-4-12-7/h1-5H,6H2,(H,14,15). The second-order valence-electron chi connectivity index (χ2n) is 2.91. The molecular weight excluding hydrogens is 214 g/mol. The highest BCUT2D eigenvalue weighted by Crippen LogP contribution is 2.18. The van der Waals surface area contributed by atoms with E-state index in [0.717, 1.165) is 5.52 Å². The van der Waals surface area contributed by atoms with Crippen LogP contribution in [0.25, 0.3) is 11.0 Å². The number of para-hydroxylation sites is 1. The fraction of sp³-hybridized carbons (Fsp3) is 0.100. The molecule has 0 fully saturated rings. The van der Waals surface area contributed by atoms with Crippen LogP contribution in [0.3, 0.4) is 0 Å². The summed E-state index contributed by atoms with van der Waals surface area (Å²) in [5.74, 6) is -0.328. The van der Waals surface area contributed by atoms with Gasteiger partial charge in [0.05, 0.1) is 11.2 Å². The van der Waals surface area contributed by atoms with Crippen LogP contribution in [0.2, 0.25) is 0 Å². The van der Waals surface area contributed by atoms with Crippen LogP contribution in [0.4, 0.5) is 5.69 Å². The minimum absolute atomic E-state index is 0.0728. The first-order valence-electron chi connectivity index (χ1n) is 4.37. The number of hydrogen-bond donors (Lipinski definition) is 1. The molecule has 0 saturated carbocycles. The topological polar surface area (TPSA) is 54.9 Å². The van der Waals surface area contributed by atoms with Gasteiger partial charge in [-0.05, 0) is 12.1 Å². The average molecular weight is 222 g/mol. The molecule has 15 heavy (non-hydrogen) atoms. The fourth-order valence-corrected chi connectivity index (χ4v) is 1.34. The molecule has 0 saturated heterocycles. The van der Waals surface area contributed by atoms with Crippen LogP contribution in [-0.2, 0) is 4.79 Å². The summed E-state index contributed by atoms with van der Waals surface area (Å²) < 4.78 is 0. The lowest BCUT2D eigenvalue weighted by molar-refractivity contribution is -0.113. The number of amides is 1. The second kappa shape index (κ2) is 4.23. The number of nitrogens with zero attached hydrogens (tertiary/aromatic N) is 2. The molecule has 76 valence electrons. The quantitative estimate of drug-likeness (QED) is 0.787. The number of anilines is 1. The summed E-state index contributed by atoms with van der Waals surface area (Å²) in [6, 6.07) is 5.40. The molecule has 0 aliphatic carbocycles. The Labute approximate surface area is 91.3 Å². The number of halogens is 1. The van der Waals surface area contributed by atoms with E-state index in [4.69, 9.17) is 11.6 Å². The zero-order valence-corrected chi connectivity index (χ0v) is 8.53. The van der Waals surface area contributed by atoms with Gasteiger partial charge in [-0.25, -0.2) is 0 Å². The number of carbonyl (C=O) groups is 1. The molecule has 0 bridgehead atoms. The van der Waals surface area contributed by atoms with E-state index in [0.29, 0.717) is 11.2 Å². The van der Waals surface area contributed by atoms with Crippen LogP contribution in [-0.4, -0.2) is 21.8 Å². The van der Waals surface area contributed by atoms with Crippen molar-refractivity contribution in [1.29, 1.82) is 0 Å². The van der Waals surface area contributed by atoms with Crippen molar-refractivity contribution in [2.75, 3.05) is 11.2 Å². The van der Waals surface area contributed by atoms with Crippen molar-refractivity contribution in [3.63, 3.8) is 0 Å². The van der Waals surface area contributed by atoms with Crippen LogP contribution < -0.4 is 5.32 Å². The molecule has 0 spiro atoms. The molecule has 1 heterocycles. The number of alkyl halides is 1. The summed E-state index contributed by atoms with van der Waals surface area (Å²) >= 11 is 5.40. The van der Waals surface area contributed by atoms with E-state index in [1.165, 1.54) is 0 Å². The van der Waals surface area contributed by atoms with E-state index in [2.05, 4.69) is 15.3 Å². The van der Waals surface area contributed by atoms with Gasteiger partial charge in [-0.1, -0.05) is 6.07 Å². The van der Waals surface area contributed by atoms with Gasteiger partial charge < -0.3 is 5.32 Å². The Morgan fingerprint density at radius 1 is 1.33 bits per heavy atom. The molecular formula is C10H8ClN3O. The van der Waals surface area contributed by atoms with E-state index in [-0.39, 0.29) is 11.8 Å². The van der Waals surface area contributed by atoms with Crippen LogP contribution >= 0.6 is 11.6 Å². The summed E-state index contributed by atoms with van der Waals surface area (Å²) in [5, 5.41) is 2.66. The number of nitrogens with one attached hydrogen (secondary N) is 1. The van der Waals surface area contributed by atoms with Gasteiger partial charge in [0, 0.05) is 12.4 Å². The smallest absolute Gasteiger partial charge is 0.239 e. The number of carbonyl (C=O) groups excluding carboxylic acids is 1. The monoisotopic (exact) mass is 221 g/mol. The van der Waals surface area contributed by atoms with Crippen molar-refractivity contribution < 1.29 is 4.79 Å². The first kappa shape index (κ1) is 9.86. The van der Waals surface area contributed by atoms with Gasteiger partial charge >= 0.3 is 0 Å². The second-order valence-corrected chi connectivity index (χ2v) is 3.18. The Hall–Kier alpha value is -1.68. The molecule has 1 N–H and O–H groups in total. The summed E-state index contributed by atoms with van der Waals surface area (Å²) in [6.45, 7) is 0. The summed E-state index contributed by atoms with van der Waals surface area (Å²) in [6.07, 6.45) is 3.19. The Morgan fingerprint density at radius 2 is 2.13 bits per heavy atom. The Kier molecular flexibility index (Phi) is 2.78. The summed E-state index contributed by atoms with van der Waals surface area (Å²) in [7, 11) is 0. The van der Waals surface area contributed by atoms with Crippen molar-refractivity contribution in [2.45, 2.75) is 0 Å². The number of rotatable bonds is 2. The van der Waals surface area contributed by atoms with Crippen LogP contribution in [0.15, 0.2) is 30.6 Å². The zero-order valence-electron chi connectivity index (χ0n) is 7.77. The summed E-state index contributed by atoms with van der Waals surface area (Å²) in [4.78, 5) is 19.4. The molecule has 1 aromatic carbocycles.